The van der Waals surface area contributed by atoms with Gasteiger partial charge in [0, 0.05) is 7.05 Å². The normalized spacial score (nSPS) is 13.6. The number of carboxylic acids is 1. The Labute approximate surface area is 102 Å². The second-order valence-corrected chi connectivity index (χ2v) is 5.15. The predicted molar refractivity (Wildman–Crippen MR) is 57.0 cm³/mol. The first-order valence-electron chi connectivity index (χ1n) is 4.33. The van der Waals surface area contributed by atoms with Crippen LogP contribution in [0, 0.1) is 0 Å². The van der Waals surface area contributed by atoms with Gasteiger partial charge in [-0.3, -0.25) is 9.48 Å². The van der Waals surface area contributed by atoms with Crippen molar-refractivity contribution < 1.29 is 23.4 Å². The standard InChI is InChI=1S/C7H10ClN3O5S/c1-11-6(4(8)2-9-11)17(15,16)10-5(3-12)7(13)14/h2,5,10,12H,3H2,1H3,(H,13,14)/t5-/m1/s1. The van der Waals surface area contributed by atoms with E-state index >= 15 is 0 Å². The number of nitrogens with one attached hydrogen (secondary N) is 1. The lowest BCUT2D eigenvalue weighted by Crippen LogP contribution is -2.43. The molecule has 0 amide bonds. The first kappa shape index (κ1) is 13.9. The number of sulfonamides is 1. The number of carboxylic acid groups (broad SMARTS) is 1. The SMILES string of the molecule is Cn1ncc(Cl)c1S(=O)(=O)N[C@H](CO)C(=O)O. The lowest BCUT2D eigenvalue weighted by Gasteiger charge is -2.12. The van der Waals surface area contributed by atoms with Crippen molar-refractivity contribution in [1.29, 1.82) is 0 Å². The van der Waals surface area contributed by atoms with Crippen molar-refractivity contribution in [1.82, 2.24) is 14.5 Å². The van der Waals surface area contributed by atoms with E-state index in [0.29, 0.717) is 0 Å². The van der Waals surface area contributed by atoms with E-state index in [1.165, 1.54) is 7.05 Å². The lowest BCUT2D eigenvalue weighted by atomic mass is 10.3. The first-order chi connectivity index (χ1) is 7.79. The summed E-state index contributed by atoms with van der Waals surface area (Å²) < 4.78 is 26.3. The van der Waals surface area contributed by atoms with Crippen LogP contribution in [0.15, 0.2) is 11.2 Å². The number of nitrogens with zero attached hydrogens (tertiary/aromatic N) is 2. The summed E-state index contributed by atoms with van der Waals surface area (Å²) >= 11 is 5.62. The molecule has 1 heterocycles. The summed E-state index contributed by atoms with van der Waals surface area (Å²) in [6.45, 7) is -0.871. The molecule has 8 nitrogen and oxygen atoms in total. The predicted octanol–water partition coefficient (Wildman–Crippen LogP) is -1.20. The molecular formula is C7H10ClN3O5S. The lowest BCUT2D eigenvalue weighted by molar-refractivity contribution is -0.139. The molecule has 0 aliphatic carbocycles. The molecule has 1 rings (SSSR count). The van der Waals surface area contributed by atoms with Crippen LogP contribution in [-0.4, -0.2) is 47.0 Å². The maximum atomic E-state index is 11.8. The molecular weight excluding hydrogens is 274 g/mol. The van der Waals surface area contributed by atoms with E-state index in [2.05, 4.69) is 5.10 Å². The van der Waals surface area contributed by atoms with Crippen LogP contribution in [0.25, 0.3) is 0 Å². The van der Waals surface area contributed by atoms with Crippen LogP contribution < -0.4 is 4.72 Å². The zero-order valence-electron chi connectivity index (χ0n) is 8.66. The smallest absolute Gasteiger partial charge is 0.324 e. The Balaban J connectivity index is 3.09. The number of hydrogen-bond donors (Lipinski definition) is 3. The third kappa shape index (κ3) is 2.94. The number of aromatic nitrogens is 2. The summed E-state index contributed by atoms with van der Waals surface area (Å²) in [4.78, 5) is 10.6. The van der Waals surface area contributed by atoms with Gasteiger partial charge < -0.3 is 10.2 Å². The molecule has 96 valence electrons. The molecule has 0 saturated heterocycles. The van der Waals surface area contributed by atoms with Crippen LogP contribution in [0.3, 0.4) is 0 Å². The quantitative estimate of drug-likeness (QED) is 0.624. The summed E-state index contributed by atoms with van der Waals surface area (Å²) in [7, 11) is -2.81. The van der Waals surface area contributed by atoms with Crippen molar-refractivity contribution in [3.8, 4) is 0 Å². The second kappa shape index (κ2) is 5.00. The second-order valence-electron chi connectivity index (χ2n) is 3.12. The molecule has 0 aromatic carbocycles. The van der Waals surface area contributed by atoms with Crippen molar-refractivity contribution in [2.75, 3.05) is 6.61 Å². The molecule has 17 heavy (non-hydrogen) atoms. The fraction of sp³-hybridized carbons (Fsp3) is 0.429. The molecule has 0 aliphatic rings. The molecule has 0 bridgehead atoms. The average Bonchev–Trinajstić information content (AvgIpc) is 2.55. The molecule has 10 heteroatoms. The number of aryl methyl sites for hydroxylation is 1. The van der Waals surface area contributed by atoms with Gasteiger partial charge in [-0.1, -0.05) is 11.6 Å². The van der Waals surface area contributed by atoms with Gasteiger partial charge >= 0.3 is 5.97 Å². The largest absolute Gasteiger partial charge is 0.480 e. The van der Waals surface area contributed by atoms with E-state index in [1.807, 2.05) is 0 Å². The van der Waals surface area contributed by atoms with Gasteiger partial charge in [-0.15, -0.1) is 0 Å². The molecule has 1 atom stereocenters. The van der Waals surface area contributed by atoms with Gasteiger partial charge in [-0.05, 0) is 0 Å². The zero-order valence-corrected chi connectivity index (χ0v) is 10.2. The molecule has 0 saturated carbocycles. The van der Waals surface area contributed by atoms with Gasteiger partial charge in [0.05, 0.1) is 17.8 Å². The highest BCUT2D eigenvalue weighted by atomic mass is 35.5. The minimum Gasteiger partial charge on any atom is -0.480 e. The summed E-state index contributed by atoms with van der Waals surface area (Å²) in [6.07, 6.45) is 1.12. The Kier molecular flexibility index (Phi) is 4.09. The Morgan fingerprint density at radius 2 is 2.29 bits per heavy atom. The van der Waals surface area contributed by atoms with E-state index < -0.39 is 28.6 Å². The Bertz CT molecular complexity index is 506. The molecule has 0 spiro atoms. The third-order valence-electron chi connectivity index (χ3n) is 1.88. The maximum absolute atomic E-state index is 11.8. The van der Waals surface area contributed by atoms with Crippen molar-refractivity contribution in [3.63, 3.8) is 0 Å². The Morgan fingerprint density at radius 3 is 2.65 bits per heavy atom. The zero-order chi connectivity index (χ0) is 13.2. The summed E-state index contributed by atoms with van der Waals surface area (Å²) in [5.74, 6) is -1.49. The minimum absolute atomic E-state index is 0.137. The van der Waals surface area contributed by atoms with Gasteiger partial charge in [-0.25, -0.2) is 8.42 Å². The number of hydrogen-bond acceptors (Lipinski definition) is 5. The Hall–Kier alpha value is -1.16. The summed E-state index contributed by atoms with van der Waals surface area (Å²) in [5.41, 5.74) is 0. The minimum atomic E-state index is -4.16. The highest BCUT2D eigenvalue weighted by Crippen LogP contribution is 2.19. The van der Waals surface area contributed by atoms with E-state index in [-0.39, 0.29) is 10.0 Å². The third-order valence-corrected chi connectivity index (χ3v) is 3.85. The monoisotopic (exact) mass is 283 g/mol. The first-order valence-corrected chi connectivity index (χ1v) is 6.19. The molecule has 0 unspecified atom stereocenters. The molecule has 0 aliphatic heterocycles. The maximum Gasteiger partial charge on any atom is 0.324 e. The average molecular weight is 284 g/mol. The number of aliphatic carboxylic acids is 1. The van der Waals surface area contributed by atoms with Crippen LogP contribution in [0.5, 0.6) is 0 Å². The molecule has 3 N–H and O–H groups in total. The van der Waals surface area contributed by atoms with Crippen LogP contribution in [0.4, 0.5) is 0 Å². The number of aliphatic hydroxyl groups is 1. The van der Waals surface area contributed by atoms with Crippen molar-refractivity contribution >= 4 is 27.6 Å². The van der Waals surface area contributed by atoms with E-state index in [4.69, 9.17) is 21.8 Å². The number of carbonyl (C=O) groups is 1. The fourth-order valence-electron chi connectivity index (χ4n) is 1.11. The highest BCUT2D eigenvalue weighted by molar-refractivity contribution is 7.89. The van der Waals surface area contributed by atoms with Gasteiger partial charge in [0.25, 0.3) is 10.0 Å². The Morgan fingerprint density at radius 1 is 1.71 bits per heavy atom. The van der Waals surface area contributed by atoms with E-state index in [0.717, 1.165) is 10.9 Å². The van der Waals surface area contributed by atoms with Crippen molar-refractivity contribution in [2.24, 2.45) is 7.05 Å². The van der Waals surface area contributed by atoms with Crippen molar-refractivity contribution in [3.05, 3.63) is 11.2 Å². The van der Waals surface area contributed by atoms with E-state index in [1.54, 1.807) is 4.72 Å². The topological polar surface area (TPSA) is 122 Å². The van der Waals surface area contributed by atoms with Crippen molar-refractivity contribution in [2.45, 2.75) is 11.1 Å². The van der Waals surface area contributed by atoms with E-state index in [9.17, 15) is 13.2 Å². The summed E-state index contributed by atoms with van der Waals surface area (Å²) in [5, 5.41) is 20.5. The fourth-order valence-corrected chi connectivity index (χ4v) is 2.95. The molecule has 0 fully saturated rings. The van der Waals surface area contributed by atoms with Gasteiger partial charge in [0.15, 0.2) is 5.03 Å². The van der Waals surface area contributed by atoms with Gasteiger partial charge in [0.2, 0.25) is 0 Å². The van der Waals surface area contributed by atoms with Gasteiger partial charge in [0.1, 0.15) is 6.04 Å². The summed E-state index contributed by atoms with van der Waals surface area (Å²) in [6, 6.07) is -1.63. The van der Waals surface area contributed by atoms with Crippen LogP contribution >= 0.6 is 11.6 Å². The van der Waals surface area contributed by atoms with Crippen LogP contribution in [-0.2, 0) is 21.9 Å². The molecule has 1 aromatic rings. The van der Waals surface area contributed by atoms with Crippen LogP contribution in [0.2, 0.25) is 5.02 Å². The molecule has 0 radical (unpaired) electrons. The number of rotatable bonds is 5. The number of aliphatic hydroxyl groups excluding tert-OH is 1. The van der Waals surface area contributed by atoms with Crippen LogP contribution in [0.1, 0.15) is 0 Å². The molecule has 1 aromatic heterocycles. The highest BCUT2D eigenvalue weighted by Gasteiger charge is 2.28. The number of halogens is 1. The van der Waals surface area contributed by atoms with Gasteiger partial charge in [-0.2, -0.15) is 9.82 Å².